The molecule has 0 bridgehead atoms. The summed E-state index contributed by atoms with van der Waals surface area (Å²) >= 11 is 0. The summed E-state index contributed by atoms with van der Waals surface area (Å²) in [6, 6.07) is 13.6. The van der Waals surface area contributed by atoms with Crippen LogP contribution in [0.3, 0.4) is 0 Å². The second-order valence-electron chi connectivity index (χ2n) is 4.34. The van der Waals surface area contributed by atoms with Crippen LogP contribution in [0.5, 0.6) is 5.75 Å². The molecule has 2 N–H and O–H groups in total. The van der Waals surface area contributed by atoms with Crippen LogP contribution in [-0.2, 0) is 11.3 Å². The van der Waals surface area contributed by atoms with Crippen molar-refractivity contribution in [1.29, 1.82) is 5.26 Å². The summed E-state index contributed by atoms with van der Waals surface area (Å²) in [4.78, 5) is 11.9. The Hall–Kier alpha value is -3.00. The molecule has 21 heavy (non-hydrogen) atoms. The highest BCUT2D eigenvalue weighted by molar-refractivity contribution is 5.89. The Morgan fingerprint density at radius 1 is 1.24 bits per heavy atom. The number of hydrogen-bond acceptors (Lipinski definition) is 5. The predicted molar refractivity (Wildman–Crippen MR) is 77.7 cm³/mol. The molecule has 0 unspecified atom stereocenters. The van der Waals surface area contributed by atoms with Crippen molar-refractivity contribution in [3.05, 3.63) is 59.2 Å². The van der Waals surface area contributed by atoms with Crippen molar-refractivity contribution < 1.29 is 14.3 Å². The normalized spacial score (nSPS) is 9.71. The Morgan fingerprint density at radius 2 is 1.95 bits per heavy atom. The van der Waals surface area contributed by atoms with E-state index >= 15 is 0 Å². The predicted octanol–water partition coefficient (Wildman–Crippen LogP) is 2.51. The zero-order valence-corrected chi connectivity index (χ0v) is 11.5. The molecule has 0 spiro atoms. The van der Waals surface area contributed by atoms with Crippen molar-refractivity contribution in [3.8, 4) is 11.8 Å². The third kappa shape index (κ3) is 3.51. The van der Waals surface area contributed by atoms with Crippen molar-refractivity contribution in [2.24, 2.45) is 0 Å². The highest BCUT2D eigenvalue weighted by Crippen LogP contribution is 2.19. The number of carbonyl (C=O) groups is 1. The van der Waals surface area contributed by atoms with E-state index < -0.39 is 5.97 Å². The van der Waals surface area contributed by atoms with Crippen molar-refractivity contribution in [3.63, 3.8) is 0 Å². The molecule has 0 saturated carbocycles. The van der Waals surface area contributed by atoms with E-state index in [2.05, 4.69) is 0 Å². The van der Waals surface area contributed by atoms with Crippen molar-refractivity contribution in [2.45, 2.75) is 6.61 Å². The first-order valence-corrected chi connectivity index (χ1v) is 6.23. The van der Waals surface area contributed by atoms with Crippen LogP contribution in [0.4, 0.5) is 5.69 Å². The van der Waals surface area contributed by atoms with Gasteiger partial charge in [0.05, 0.1) is 18.2 Å². The van der Waals surface area contributed by atoms with E-state index in [9.17, 15) is 4.79 Å². The van der Waals surface area contributed by atoms with Gasteiger partial charge >= 0.3 is 5.97 Å². The molecule has 0 saturated heterocycles. The molecule has 0 aliphatic heterocycles. The Kier molecular flexibility index (Phi) is 4.42. The molecule has 0 aliphatic rings. The molecule has 5 heteroatoms. The first-order chi connectivity index (χ1) is 10.1. The minimum Gasteiger partial charge on any atom is -0.495 e. The van der Waals surface area contributed by atoms with E-state index in [4.69, 9.17) is 20.5 Å². The average molecular weight is 282 g/mol. The minimum atomic E-state index is -0.440. The second kappa shape index (κ2) is 6.44. The van der Waals surface area contributed by atoms with Gasteiger partial charge in [-0.25, -0.2) is 4.79 Å². The number of esters is 1. The maximum absolute atomic E-state index is 11.9. The molecule has 0 aliphatic carbocycles. The summed E-state index contributed by atoms with van der Waals surface area (Å²) in [6.07, 6.45) is 0. The van der Waals surface area contributed by atoms with Gasteiger partial charge < -0.3 is 15.2 Å². The van der Waals surface area contributed by atoms with Crippen LogP contribution in [-0.4, -0.2) is 13.1 Å². The highest BCUT2D eigenvalue weighted by Gasteiger charge is 2.09. The van der Waals surface area contributed by atoms with Crippen LogP contribution < -0.4 is 10.5 Å². The molecule has 2 aromatic carbocycles. The number of hydrogen-bond donors (Lipinski definition) is 1. The quantitative estimate of drug-likeness (QED) is 0.688. The van der Waals surface area contributed by atoms with Crippen LogP contribution >= 0.6 is 0 Å². The largest absolute Gasteiger partial charge is 0.495 e. The van der Waals surface area contributed by atoms with E-state index in [0.717, 1.165) is 5.56 Å². The third-order valence-corrected chi connectivity index (χ3v) is 2.90. The molecule has 106 valence electrons. The fourth-order valence-electron chi connectivity index (χ4n) is 1.78. The van der Waals surface area contributed by atoms with Gasteiger partial charge in [0, 0.05) is 5.69 Å². The molecule has 0 amide bonds. The lowest BCUT2D eigenvalue weighted by Crippen LogP contribution is -2.05. The first kappa shape index (κ1) is 14.4. The summed E-state index contributed by atoms with van der Waals surface area (Å²) < 4.78 is 10.3. The fourth-order valence-corrected chi connectivity index (χ4v) is 1.78. The van der Waals surface area contributed by atoms with Crippen molar-refractivity contribution in [2.75, 3.05) is 12.8 Å². The third-order valence-electron chi connectivity index (χ3n) is 2.90. The first-order valence-electron chi connectivity index (χ1n) is 6.23. The van der Waals surface area contributed by atoms with E-state index in [-0.39, 0.29) is 6.61 Å². The Morgan fingerprint density at radius 3 is 2.57 bits per heavy atom. The molecule has 0 atom stereocenters. The number of methoxy groups -OCH3 is 1. The van der Waals surface area contributed by atoms with Gasteiger partial charge in [0.1, 0.15) is 18.4 Å². The Labute approximate surface area is 122 Å². The number of nitrogens with two attached hydrogens (primary N) is 1. The molecule has 5 nitrogen and oxygen atoms in total. The lowest BCUT2D eigenvalue weighted by Gasteiger charge is -2.07. The topological polar surface area (TPSA) is 85.3 Å². The van der Waals surface area contributed by atoms with E-state index in [0.29, 0.717) is 22.6 Å². The number of ether oxygens (including phenoxy) is 2. The SMILES string of the molecule is COc1ccc(COC(=O)c2ccc(N)cc2)cc1C#N. The summed E-state index contributed by atoms with van der Waals surface area (Å²) in [6.45, 7) is 0.0852. The Bertz CT molecular complexity index is 688. The molecule has 0 aromatic heterocycles. The van der Waals surface area contributed by atoms with Crippen LogP contribution in [0.2, 0.25) is 0 Å². The van der Waals surface area contributed by atoms with E-state index in [1.807, 2.05) is 6.07 Å². The van der Waals surface area contributed by atoms with Crippen LogP contribution in [0, 0.1) is 11.3 Å². The van der Waals surface area contributed by atoms with E-state index in [1.165, 1.54) is 7.11 Å². The van der Waals surface area contributed by atoms with Crippen LogP contribution in [0.1, 0.15) is 21.5 Å². The van der Waals surface area contributed by atoms with Gasteiger partial charge in [-0.05, 0) is 42.0 Å². The monoisotopic (exact) mass is 282 g/mol. The highest BCUT2D eigenvalue weighted by atomic mass is 16.5. The number of anilines is 1. The van der Waals surface area contributed by atoms with Crippen molar-refractivity contribution >= 4 is 11.7 Å². The van der Waals surface area contributed by atoms with Gasteiger partial charge in [-0.15, -0.1) is 0 Å². The lowest BCUT2D eigenvalue weighted by molar-refractivity contribution is 0.0472. The minimum absolute atomic E-state index is 0.0852. The Balaban J connectivity index is 2.04. The van der Waals surface area contributed by atoms with Gasteiger partial charge in [-0.1, -0.05) is 6.07 Å². The number of rotatable bonds is 4. The number of carbonyl (C=O) groups excluding carboxylic acids is 1. The van der Waals surface area contributed by atoms with Gasteiger partial charge in [0.2, 0.25) is 0 Å². The average Bonchev–Trinajstić information content (AvgIpc) is 2.52. The lowest BCUT2D eigenvalue weighted by atomic mass is 10.1. The molecule has 2 rings (SSSR count). The van der Waals surface area contributed by atoms with Crippen LogP contribution in [0.25, 0.3) is 0 Å². The fraction of sp³-hybridized carbons (Fsp3) is 0.125. The second-order valence-corrected chi connectivity index (χ2v) is 4.34. The molecule has 2 aromatic rings. The zero-order valence-electron chi connectivity index (χ0n) is 11.5. The number of nitrogens with zero attached hydrogens (tertiary/aromatic N) is 1. The van der Waals surface area contributed by atoms with Gasteiger partial charge in [-0.2, -0.15) is 5.26 Å². The van der Waals surface area contributed by atoms with E-state index in [1.54, 1.807) is 42.5 Å². The standard InChI is InChI=1S/C16H14N2O3/c1-20-15-7-2-11(8-13(15)9-17)10-21-16(19)12-3-5-14(18)6-4-12/h2-8H,10,18H2,1H3. The summed E-state index contributed by atoms with van der Waals surface area (Å²) in [7, 11) is 1.50. The molecule has 0 heterocycles. The summed E-state index contributed by atoms with van der Waals surface area (Å²) in [5.74, 6) is 0.0513. The summed E-state index contributed by atoms with van der Waals surface area (Å²) in [5, 5.41) is 9.01. The molecule has 0 fully saturated rings. The maximum atomic E-state index is 11.9. The molecular weight excluding hydrogens is 268 g/mol. The summed E-state index contributed by atoms with van der Waals surface area (Å²) in [5.41, 5.74) is 7.69. The smallest absolute Gasteiger partial charge is 0.338 e. The number of nitriles is 1. The molecular formula is C16H14N2O3. The maximum Gasteiger partial charge on any atom is 0.338 e. The zero-order chi connectivity index (χ0) is 15.2. The number of nitrogen functional groups attached to an aromatic ring is 1. The van der Waals surface area contributed by atoms with Gasteiger partial charge in [0.25, 0.3) is 0 Å². The molecule has 0 radical (unpaired) electrons. The van der Waals surface area contributed by atoms with Gasteiger partial charge in [-0.3, -0.25) is 0 Å². The number of benzene rings is 2. The van der Waals surface area contributed by atoms with Crippen LogP contribution in [0.15, 0.2) is 42.5 Å². The van der Waals surface area contributed by atoms with Gasteiger partial charge in [0.15, 0.2) is 0 Å². The van der Waals surface area contributed by atoms with Crippen molar-refractivity contribution in [1.82, 2.24) is 0 Å².